The highest BCUT2D eigenvalue weighted by Crippen LogP contribution is 2.20. The molecule has 5 nitrogen and oxygen atoms in total. The van der Waals surface area contributed by atoms with Crippen LogP contribution in [-0.2, 0) is 0 Å². The third kappa shape index (κ3) is 2.11. The Hall–Kier alpha value is -1.69. The minimum atomic E-state index is 0.234. The van der Waals surface area contributed by atoms with Crippen LogP contribution in [0, 0.1) is 6.92 Å². The maximum absolute atomic E-state index is 5.63. The average molecular weight is 233 g/mol. The van der Waals surface area contributed by atoms with Crippen molar-refractivity contribution in [1.82, 2.24) is 19.9 Å². The number of anilines is 1. The summed E-state index contributed by atoms with van der Waals surface area (Å²) in [7, 11) is 0. The van der Waals surface area contributed by atoms with Crippen molar-refractivity contribution in [2.24, 2.45) is 0 Å². The van der Waals surface area contributed by atoms with Crippen LogP contribution in [0.1, 0.15) is 5.69 Å². The molecule has 0 saturated carbocycles. The quantitative estimate of drug-likeness (QED) is 0.793. The second-order valence-electron chi connectivity index (χ2n) is 3.14. The zero-order chi connectivity index (χ0) is 11.5. The van der Waals surface area contributed by atoms with Gasteiger partial charge in [-0.05, 0) is 25.3 Å². The predicted molar refractivity (Wildman–Crippen MR) is 64.0 cm³/mol. The molecule has 16 heavy (non-hydrogen) atoms. The summed E-state index contributed by atoms with van der Waals surface area (Å²) in [6, 6.07) is 3.77. The number of aryl methyl sites for hydroxylation is 1. The van der Waals surface area contributed by atoms with Crippen molar-refractivity contribution in [2.45, 2.75) is 12.1 Å². The molecule has 0 radical (unpaired) electrons. The summed E-state index contributed by atoms with van der Waals surface area (Å²) in [4.78, 5) is 16.6. The molecule has 2 aromatic heterocycles. The Bertz CT molecular complexity index is 514. The summed E-state index contributed by atoms with van der Waals surface area (Å²) in [6.07, 6.45) is 3.63. The van der Waals surface area contributed by atoms with E-state index in [-0.39, 0.29) is 5.95 Å². The average Bonchev–Trinajstić information content (AvgIpc) is 2.28. The van der Waals surface area contributed by atoms with Crippen LogP contribution in [0.2, 0.25) is 0 Å². The highest BCUT2D eigenvalue weighted by Gasteiger charge is 2.08. The number of nitrogen functional groups attached to an aromatic ring is 1. The fraction of sp³-hybridized carbons (Fsp3) is 0.200. The fourth-order valence-corrected chi connectivity index (χ4v) is 1.67. The van der Waals surface area contributed by atoms with E-state index in [4.69, 9.17) is 5.73 Å². The van der Waals surface area contributed by atoms with Crippen molar-refractivity contribution < 1.29 is 0 Å². The molecule has 0 aromatic carbocycles. The molecule has 0 atom stereocenters. The maximum atomic E-state index is 5.63. The van der Waals surface area contributed by atoms with Crippen LogP contribution in [0.4, 0.5) is 5.95 Å². The first kappa shape index (κ1) is 10.8. The standard InChI is InChI=1S/C10H11N5S/c1-6-7(4-3-5-12-6)8-13-9(11)15-10(14-8)16-2/h3-5H,1-2H3,(H2,11,13,14,15). The van der Waals surface area contributed by atoms with Gasteiger partial charge in [-0.1, -0.05) is 11.8 Å². The van der Waals surface area contributed by atoms with E-state index in [1.54, 1.807) is 6.20 Å². The molecule has 0 aliphatic heterocycles. The Kier molecular flexibility index (Phi) is 3.00. The lowest BCUT2D eigenvalue weighted by atomic mass is 10.2. The minimum Gasteiger partial charge on any atom is -0.368 e. The molecule has 2 aromatic rings. The van der Waals surface area contributed by atoms with Crippen LogP contribution in [0.3, 0.4) is 0 Å². The summed E-state index contributed by atoms with van der Waals surface area (Å²) in [5, 5.41) is 0.616. The Morgan fingerprint density at radius 2 is 2.06 bits per heavy atom. The third-order valence-electron chi connectivity index (χ3n) is 2.06. The highest BCUT2D eigenvalue weighted by molar-refractivity contribution is 7.98. The first-order valence-corrected chi connectivity index (χ1v) is 5.90. The highest BCUT2D eigenvalue weighted by atomic mass is 32.2. The molecule has 0 unspecified atom stereocenters. The monoisotopic (exact) mass is 233 g/mol. The Labute approximate surface area is 97.6 Å². The molecule has 0 aliphatic carbocycles. The normalized spacial score (nSPS) is 10.4. The largest absolute Gasteiger partial charge is 0.368 e. The van der Waals surface area contributed by atoms with Crippen LogP contribution in [0.5, 0.6) is 0 Å². The number of pyridine rings is 1. The summed E-state index contributed by atoms with van der Waals surface area (Å²) in [5.74, 6) is 0.806. The molecule has 2 N–H and O–H groups in total. The van der Waals surface area contributed by atoms with Gasteiger partial charge in [-0.3, -0.25) is 4.98 Å². The lowest BCUT2D eigenvalue weighted by Crippen LogP contribution is -2.02. The van der Waals surface area contributed by atoms with E-state index in [9.17, 15) is 0 Å². The number of nitrogens with zero attached hydrogens (tertiary/aromatic N) is 4. The zero-order valence-electron chi connectivity index (χ0n) is 9.01. The minimum absolute atomic E-state index is 0.234. The first-order valence-electron chi connectivity index (χ1n) is 4.68. The zero-order valence-corrected chi connectivity index (χ0v) is 9.82. The van der Waals surface area contributed by atoms with Gasteiger partial charge in [-0.25, -0.2) is 4.98 Å². The van der Waals surface area contributed by atoms with Crippen molar-refractivity contribution in [3.63, 3.8) is 0 Å². The fourth-order valence-electron chi connectivity index (χ4n) is 1.30. The summed E-state index contributed by atoms with van der Waals surface area (Å²) < 4.78 is 0. The van der Waals surface area contributed by atoms with Crippen molar-refractivity contribution in [3.05, 3.63) is 24.0 Å². The van der Waals surface area contributed by atoms with Crippen LogP contribution in [0.15, 0.2) is 23.5 Å². The predicted octanol–water partition coefficient (Wildman–Crippen LogP) is 1.55. The maximum Gasteiger partial charge on any atom is 0.224 e. The molecule has 82 valence electrons. The van der Waals surface area contributed by atoms with Gasteiger partial charge in [-0.2, -0.15) is 9.97 Å². The molecule has 0 fully saturated rings. The second kappa shape index (κ2) is 4.44. The van der Waals surface area contributed by atoms with Gasteiger partial charge in [-0.15, -0.1) is 0 Å². The second-order valence-corrected chi connectivity index (χ2v) is 3.91. The van der Waals surface area contributed by atoms with Crippen LogP contribution in [0.25, 0.3) is 11.4 Å². The van der Waals surface area contributed by atoms with Crippen molar-refractivity contribution in [2.75, 3.05) is 12.0 Å². The van der Waals surface area contributed by atoms with Crippen LogP contribution >= 0.6 is 11.8 Å². The third-order valence-corrected chi connectivity index (χ3v) is 2.61. The molecular formula is C10H11N5S. The Balaban J connectivity index is 2.56. The van der Waals surface area contributed by atoms with E-state index >= 15 is 0 Å². The van der Waals surface area contributed by atoms with E-state index in [0.29, 0.717) is 11.0 Å². The van der Waals surface area contributed by atoms with Crippen molar-refractivity contribution in [3.8, 4) is 11.4 Å². The SMILES string of the molecule is CSc1nc(N)nc(-c2cccnc2C)n1. The van der Waals surface area contributed by atoms with Gasteiger partial charge in [0, 0.05) is 17.5 Å². The van der Waals surface area contributed by atoms with Gasteiger partial charge < -0.3 is 5.73 Å². The number of thioether (sulfide) groups is 1. The lowest BCUT2D eigenvalue weighted by molar-refractivity contribution is 0.924. The summed E-state index contributed by atoms with van der Waals surface area (Å²) in [6.45, 7) is 1.91. The molecule has 0 amide bonds. The van der Waals surface area contributed by atoms with Gasteiger partial charge in [0.25, 0.3) is 0 Å². The van der Waals surface area contributed by atoms with E-state index in [1.807, 2.05) is 25.3 Å². The summed E-state index contributed by atoms with van der Waals surface area (Å²) in [5.41, 5.74) is 7.38. The van der Waals surface area contributed by atoms with E-state index in [0.717, 1.165) is 11.3 Å². The van der Waals surface area contributed by atoms with Crippen molar-refractivity contribution in [1.29, 1.82) is 0 Å². The van der Waals surface area contributed by atoms with Crippen molar-refractivity contribution >= 4 is 17.7 Å². The van der Waals surface area contributed by atoms with E-state index < -0.39 is 0 Å². The smallest absolute Gasteiger partial charge is 0.224 e. The van der Waals surface area contributed by atoms with E-state index in [1.165, 1.54) is 11.8 Å². The number of rotatable bonds is 2. The molecule has 2 rings (SSSR count). The number of aromatic nitrogens is 4. The Morgan fingerprint density at radius 3 is 2.75 bits per heavy atom. The van der Waals surface area contributed by atoms with Crippen LogP contribution in [-0.4, -0.2) is 26.2 Å². The van der Waals surface area contributed by atoms with Crippen LogP contribution < -0.4 is 5.73 Å². The molecule has 6 heteroatoms. The summed E-state index contributed by atoms with van der Waals surface area (Å²) >= 11 is 1.44. The molecule has 0 spiro atoms. The number of hydrogen-bond donors (Lipinski definition) is 1. The van der Waals surface area contributed by atoms with Gasteiger partial charge >= 0.3 is 0 Å². The van der Waals surface area contributed by atoms with Gasteiger partial charge in [0.15, 0.2) is 11.0 Å². The lowest BCUT2D eigenvalue weighted by Gasteiger charge is -2.04. The molecule has 2 heterocycles. The molecular weight excluding hydrogens is 222 g/mol. The topological polar surface area (TPSA) is 77.6 Å². The van der Waals surface area contributed by atoms with Gasteiger partial charge in [0.1, 0.15) is 0 Å². The van der Waals surface area contributed by atoms with Gasteiger partial charge in [0.05, 0.1) is 0 Å². The van der Waals surface area contributed by atoms with Gasteiger partial charge in [0.2, 0.25) is 5.95 Å². The first-order chi connectivity index (χ1) is 7.70. The number of hydrogen-bond acceptors (Lipinski definition) is 6. The number of nitrogens with two attached hydrogens (primary N) is 1. The Morgan fingerprint density at radius 1 is 1.25 bits per heavy atom. The van der Waals surface area contributed by atoms with E-state index in [2.05, 4.69) is 19.9 Å². The molecule has 0 bridgehead atoms. The molecule has 0 aliphatic rings. The molecule has 0 saturated heterocycles.